The second kappa shape index (κ2) is 8.87. The van der Waals surface area contributed by atoms with Gasteiger partial charge in [-0.3, -0.25) is 15.1 Å². The fourth-order valence-corrected chi connectivity index (χ4v) is 4.55. The van der Waals surface area contributed by atoms with Gasteiger partial charge in [-0.25, -0.2) is 18.1 Å². The number of amides is 1. The SMILES string of the molecule is Cc1cccnc1-c1csc(NC(=O)c2cc(C(C)C)nn2-c2ccc(S(C)(=O)=O)cc2)n1. The van der Waals surface area contributed by atoms with Gasteiger partial charge in [0.1, 0.15) is 11.4 Å². The van der Waals surface area contributed by atoms with Crippen molar-refractivity contribution in [2.24, 2.45) is 0 Å². The van der Waals surface area contributed by atoms with Crippen LogP contribution in [0.25, 0.3) is 17.1 Å². The number of carbonyl (C=O) groups is 1. The highest BCUT2D eigenvalue weighted by atomic mass is 32.2. The number of carbonyl (C=O) groups excluding carboxylic acids is 1. The lowest BCUT2D eigenvalue weighted by Gasteiger charge is -2.08. The molecule has 8 nitrogen and oxygen atoms in total. The monoisotopic (exact) mass is 481 g/mol. The number of aromatic nitrogens is 4. The first-order chi connectivity index (χ1) is 15.6. The molecule has 4 rings (SSSR count). The highest BCUT2D eigenvalue weighted by Crippen LogP contribution is 2.27. The summed E-state index contributed by atoms with van der Waals surface area (Å²) in [6, 6.07) is 11.8. The van der Waals surface area contributed by atoms with E-state index >= 15 is 0 Å². The van der Waals surface area contributed by atoms with Crippen LogP contribution in [-0.4, -0.2) is 40.3 Å². The molecular formula is C23H23N5O3S2. The van der Waals surface area contributed by atoms with Gasteiger partial charge >= 0.3 is 0 Å². The molecule has 0 fully saturated rings. The number of benzene rings is 1. The van der Waals surface area contributed by atoms with Crippen LogP contribution in [0.3, 0.4) is 0 Å². The molecule has 0 bridgehead atoms. The lowest BCUT2D eigenvalue weighted by Crippen LogP contribution is -2.17. The zero-order valence-corrected chi connectivity index (χ0v) is 20.2. The van der Waals surface area contributed by atoms with Gasteiger partial charge in [-0.05, 0) is 54.8 Å². The van der Waals surface area contributed by atoms with Gasteiger partial charge in [0.25, 0.3) is 5.91 Å². The summed E-state index contributed by atoms with van der Waals surface area (Å²) in [7, 11) is -3.32. The minimum absolute atomic E-state index is 0.103. The Morgan fingerprint density at radius 2 is 1.88 bits per heavy atom. The van der Waals surface area contributed by atoms with Gasteiger partial charge in [0.2, 0.25) is 0 Å². The predicted octanol–water partition coefficient (Wildman–Crippen LogP) is 4.48. The fraction of sp³-hybridized carbons (Fsp3) is 0.217. The maximum absolute atomic E-state index is 13.2. The quantitative estimate of drug-likeness (QED) is 0.435. The molecule has 33 heavy (non-hydrogen) atoms. The Morgan fingerprint density at radius 3 is 2.52 bits per heavy atom. The van der Waals surface area contributed by atoms with Crippen LogP contribution in [0.2, 0.25) is 0 Å². The van der Waals surface area contributed by atoms with Gasteiger partial charge < -0.3 is 0 Å². The molecule has 0 radical (unpaired) electrons. The summed E-state index contributed by atoms with van der Waals surface area (Å²) in [5, 5.41) is 9.73. The van der Waals surface area contributed by atoms with Crippen LogP contribution >= 0.6 is 11.3 Å². The zero-order valence-electron chi connectivity index (χ0n) is 18.6. The Bertz CT molecular complexity index is 1420. The van der Waals surface area contributed by atoms with E-state index in [0.29, 0.717) is 22.2 Å². The summed E-state index contributed by atoms with van der Waals surface area (Å²) in [5.41, 5.74) is 4.13. The number of sulfone groups is 1. The Morgan fingerprint density at radius 1 is 1.15 bits per heavy atom. The maximum Gasteiger partial charge on any atom is 0.276 e. The van der Waals surface area contributed by atoms with Crippen molar-refractivity contribution in [1.82, 2.24) is 19.7 Å². The lowest BCUT2D eigenvalue weighted by atomic mass is 10.1. The molecule has 4 aromatic rings. The van der Waals surface area contributed by atoms with Crippen molar-refractivity contribution in [1.29, 1.82) is 0 Å². The number of hydrogen-bond acceptors (Lipinski definition) is 7. The van der Waals surface area contributed by atoms with Crippen molar-refractivity contribution < 1.29 is 13.2 Å². The molecule has 0 aliphatic rings. The van der Waals surface area contributed by atoms with E-state index in [0.717, 1.165) is 23.2 Å². The van der Waals surface area contributed by atoms with E-state index in [2.05, 4.69) is 20.4 Å². The van der Waals surface area contributed by atoms with Crippen molar-refractivity contribution in [2.45, 2.75) is 31.6 Å². The molecule has 170 valence electrons. The minimum atomic E-state index is -3.32. The molecule has 0 aliphatic heterocycles. The molecule has 0 saturated heterocycles. The lowest BCUT2D eigenvalue weighted by molar-refractivity contribution is 0.101. The number of thiazole rings is 1. The molecule has 1 amide bonds. The first-order valence-corrected chi connectivity index (χ1v) is 13.0. The van der Waals surface area contributed by atoms with E-state index < -0.39 is 9.84 Å². The minimum Gasteiger partial charge on any atom is -0.296 e. The van der Waals surface area contributed by atoms with Gasteiger partial charge in [-0.15, -0.1) is 11.3 Å². The molecule has 0 aliphatic carbocycles. The third-order valence-electron chi connectivity index (χ3n) is 5.04. The molecule has 10 heteroatoms. The van der Waals surface area contributed by atoms with Crippen LogP contribution in [0.5, 0.6) is 0 Å². The number of aryl methyl sites for hydroxylation is 1. The third kappa shape index (κ3) is 4.86. The molecule has 0 unspecified atom stereocenters. The first kappa shape index (κ1) is 22.8. The molecule has 3 aromatic heterocycles. The highest BCUT2D eigenvalue weighted by Gasteiger charge is 2.20. The van der Waals surface area contributed by atoms with Crippen molar-refractivity contribution in [3.8, 4) is 17.1 Å². The molecule has 1 N–H and O–H groups in total. The Kier molecular flexibility index (Phi) is 6.13. The Labute approximate surface area is 196 Å². The summed E-state index contributed by atoms with van der Waals surface area (Å²) in [6.45, 7) is 5.94. The van der Waals surface area contributed by atoms with E-state index in [4.69, 9.17) is 0 Å². The van der Waals surface area contributed by atoms with Gasteiger partial charge in [0, 0.05) is 17.8 Å². The second-order valence-electron chi connectivity index (χ2n) is 7.95. The van der Waals surface area contributed by atoms with E-state index in [1.807, 2.05) is 38.3 Å². The molecule has 0 atom stereocenters. The Balaban J connectivity index is 1.65. The number of nitrogens with one attached hydrogen (secondary N) is 1. The van der Waals surface area contributed by atoms with Gasteiger partial charge in [-0.2, -0.15) is 5.10 Å². The first-order valence-electron chi connectivity index (χ1n) is 10.2. The topological polar surface area (TPSA) is 107 Å². The zero-order chi connectivity index (χ0) is 23.8. The fourth-order valence-electron chi connectivity index (χ4n) is 3.23. The van der Waals surface area contributed by atoms with Crippen molar-refractivity contribution in [3.05, 3.63) is 71.0 Å². The summed E-state index contributed by atoms with van der Waals surface area (Å²) < 4.78 is 25.1. The summed E-state index contributed by atoms with van der Waals surface area (Å²) in [6.07, 6.45) is 2.86. The number of rotatable bonds is 6. The average molecular weight is 482 g/mol. The third-order valence-corrected chi connectivity index (χ3v) is 6.92. The molecule has 3 heterocycles. The van der Waals surface area contributed by atoms with Crippen LogP contribution in [0, 0.1) is 6.92 Å². The van der Waals surface area contributed by atoms with Crippen molar-refractivity contribution >= 4 is 32.2 Å². The van der Waals surface area contributed by atoms with Gasteiger partial charge in [-0.1, -0.05) is 19.9 Å². The number of hydrogen-bond donors (Lipinski definition) is 1. The molecule has 0 saturated carbocycles. The predicted molar refractivity (Wildman–Crippen MR) is 129 cm³/mol. The van der Waals surface area contributed by atoms with Gasteiger partial charge in [0.15, 0.2) is 15.0 Å². The summed E-state index contributed by atoms with van der Waals surface area (Å²) >= 11 is 1.32. The number of pyridine rings is 1. The molecular weight excluding hydrogens is 458 g/mol. The highest BCUT2D eigenvalue weighted by molar-refractivity contribution is 7.90. The molecule has 1 aromatic carbocycles. The van der Waals surface area contributed by atoms with Crippen molar-refractivity contribution in [3.63, 3.8) is 0 Å². The van der Waals surface area contributed by atoms with E-state index in [9.17, 15) is 13.2 Å². The van der Waals surface area contributed by atoms with Gasteiger partial charge in [0.05, 0.1) is 22.0 Å². The Hall–Kier alpha value is -3.37. The second-order valence-corrected chi connectivity index (χ2v) is 10.8. The van der Waals surface area contributed by atoms with E-state index in [1.165, 1.54) is 28.2 Å². The number of anilines is 1. The van der Waals surface area contributed by atoms with Crippen LogP contribution in [0.1, 0.15) is 41.5 Å². The van der Waals surface area contributed by atoms with E-state index in [-0.39, 0.29) is 16.7 Å². The smallest absolute Gasteiger partial charge is 0.276 e. The van der Waals surface area contributed by atoms with Crippen LogP contribution < -0.4 is 5.32 Å². The van der Waals surface area contributed by atoms with Crippen LogP contribution in [0.15, 0.2) is 58.9 Å². The van der Waals surface area contributed by atoms with Crippen LogP contribution in [-0.2, 0) is 9.84 Å². The standard InChI is InChI=1S/C23H23N5O3S2/c1-14(2)18-12-20(28(27-18)16-7-9-17(10-8-16)33(4,30)31)22(29)26-23-25-19(13-32-23)21-15(3)6-5-11-24-21/h5-14H,1-4H3,(H,25,26,29). The van der Waals surface area contributed by atoms with Crippen molar-refractivity contribution in [2.75, 3.05) is 11.6 Å². The largest absolute Gasteiger partial charge is 0.296 e. The average Bonchev–Trinajstić information content (AvgIpc) is 3.41. The normalized spacial score (nSPS) is 11.7. The maximum atomic E-state index is 13.2. The summed E-state index contributed by atoms with van der Waals surface area (Å²) in [4.78, 5) is 22.3. The van der Waals surface area contributed by atoms with E-state index in [1.54, 1.807) is 24.4 Å². The molecule has 0 spiro atoms. The van der Waals surface area contributed by atoms with Crippen LogP contribution in [0.4, 0.5) is 5.13 Å². The number of nitrogens with zero attached hydrogens (tertiary/aromatic N) is 4. The summed E-state index contributed by atoms with van der Waals surface area (Å²) in [5.74, 6) is -0.257.